The van der Waals surface area contributed by atoms with E-state index in [0.717, 1.165) is 0 Å². The van der Waals surface area contributed by atoms with Crippen LogP contribution in [-0.2, 0) is 14.3 Å². The lowest BCUT2D eigenvalue weighted by atomic mass is 9.92. The zero-order valence-corrected chi connectivity index (χ0v) is 16.4. The predicted molar refractivity (Wildman–Crippen MR) is 106 cm³/mol. The monoisotopic (exact) mass is 384 g/mol. The smallest absolute Gasteiger partial charge is 0.307 e. The van der Waals surface area contributed by atoms with Crippen LogP contribution in [-0.4, -0.2) is 16.8 Å². The lowest BCUT2D eigenvalue weighted by Crippen LogP contribution is -2.27. The van der Waals surface area contributed by atoms with Gasteiger partial charge >= 0.3 is 5.97 Å². The fraction of sp³-hybridized carbons (Fsp3) is 0.333. The minimum Gasteiger partial charge on any atom is -0.447 e. The molecule has 148 valence electrons. The molecule has 0 spiro atoms. The summed E-state index contributed by atoms with van der Waals surface area (Å²) >= 11 is 0. The van der Waals surface area contributed by atoms with E-state index in [1.807, 2.05) is 20.8 Å². The summed E-state index contributed by atoms with van der Waals surface area (Å²) in [5.41, 5.74) is 0.706. The molecular formula is C21H24N2O5. The minimum absolute atomic E-state index is 0.0494. The number of hydrogen-bond donors (Lipinski definition) is 1. The van der Waals surface area contributed by atoms with Crippen LogP contribution in [0.25, 0.3) is 0 Å². The minimum atomic E-state index is -1.21. The van der Waals surface area contributed by atoms with E-state index >= 15 is 0 Å². The molecule has 0 radical (unpaired) electrons. The van der Waals surface area contributed by atoms with Gasteiger partial charge in [0.2, 0.25) is 6.10 Å². The number of nitrogens with zero attached hydrogens (tertiary/aromatic N) is 1. The van der Waals surface area contributed by atoms with E-state index in [1.165, 1.54) is 12.1 Å². The van der Waals surface area contributed by atoms with Crippen molar-refractivity contribution in [1.29, 1.82) is 0 Å². The van der Waals surface area contributed by atoms with Crippen LogP contribution in [0.15, 0.2) is 48.5 Å². The first-order valence-electron chi connectivity index (χ1n) is 8.87. The first-order valence-corrected chi connectivity index (χ1v) is 8.87. The van der Waals surface area contributed by atoms with Crippen LogP contribution >= 0.6 is 0 Å². The topological polar surface area (TPSA) is 98.5 Å². The molecule has 0 aromatic heterocycles. The Hall–Kier alpha value is -3.22. The Kier molecular flexibility index (Phi) is 6.51. The molecular weight excluding hydrogens is 360 g/mol. The number of aryl methyl sites for hydroxylation is 1. The van der Waals surface area contributed by atoms with Gasteiger partial charge in [-0.25, -0.2) is 0 Å². The van der Waals surface area contributed by atoms with E-state index in [2.05, 4.69) is 5.32 Å². The van der Waals surface area contributed by atoms with Gasteiger partial charge in [-0.05, 0) is 24.0 Å². The van der Waals surface area contributed by atoms with Gasteiger partial charge in [-0.1, -0.05) is 57.2 Å². The summed E-state index contributed by atoms with van der Waals surface area (Å²) in [6.45, 7) is 7.39. The Morgan fingerprint density at radius 1 is 1.14 bits per heavy atom. The van der Waals surface area contributed by atoms with Crippen molar-refractivity contribution >= 4 is 23.3 Å². The van der Waals surface area contributed by atoms with Gasteiger partial charge in [-0.15, -0.1) is 0 Å². The standard InChI is InChI=1S/C21H24N2O5/c1-14-10-11-16(17(12-14)23(26)27)22-20(25)19(15-8-6-5-7-9-15)28-18(24)13-21(2,3)4/h5-12,19H,13H2,1-4H3,(H,22,25)/t19-/m0/s1. The highest BCUT2D eigenvalue weighted by Gasteiger charge is 2.28. The molecule has 1 atom stereocenters. The molecule has 1 N–H and O–H groups in total. The molecule has 1 amide bonds. The lowest BCUT2D eigenvalue weighted by molar-refractivity contribution is -0.384. The van der Waals surface area contributed by atoms with Crippen molar-refractivity contribution in [2.24, 2.45) is 5.41 Å². The molecule has 0 saturated carbocycles. The number of esters is 1. The van der Waals surface area contributed by atoms with Crippen molar-refractivity contribution in [3.8, 4) is 0 Å². The summed E-state index contributed by atoms with van der Waals surface area (Å²) in [6.07, 6.45) is -1.08. The summed E-state index contributed by atoms with van der Waals surface area (Å²) in [6, 6.07) is 13.1. The number of carbonyl (C=O) groups excluding carboxylic acids is 2. The number of hydrogen-bond acceptors (Lipinski definition) is 5. The quantitative estimate of drug-likeness (QED) is 0.447. The van der Waals surface area contributed by atoms with E-state index in [9.17, 15) is 19.7 Å². The highest BCUT2D eigenvalue weighted by atomic mass is 16.6. The van der Waals surface area contributed by atoms with Crippen LogP contribution in [0.3, 0.4) is 0 Å². The van der Waals surface area contributed by atoms with Gasteiger partial charge in [-0.2, -0.15) is 0 Å². The van der Waals surface area contributed by atoms with Crippen LogP contribution in [0, 0.1) is 22.5 Å². The van der Waals surface area contributed by atoms with Gasteiger partial charge in [0, 0.05) is 11.6 Å². The predicted octanol–water partition coefficient (Wildman–Crippen LogP) is 4.56. The second kappa shape index (κ2) is 8.65. The van der Waals surface area contributed by atoms with Gasteiger partial charge in [0.25, 0.3) is 11.6 Å². The maximum absolute atomic E-state index is 12.9. The Labute approximate surface area is 163 Å². The molecule has 0 bridgehead atoms. The van der Waals surface area contributed by atoms with Crippen molar-refractivity contribution < 1.29 is 19.2 Å². The Morgan fingerprint density at radius 2 is 1.79 bits per heavy atom. The number of rotatable bonds is 6. The fourth-order valence-electron chi connectivity index (χ4n) is 2.60. The summed E-state index contributed by atoms with van der Waals surface area (Å²) in [4.78, 5) is 35.9. The van der Waals surface area contributed by atoms with Crippen LogP contribution in [0.1, 0.15) is 44.4 Å². The summed E-state index contributed by atoms with van der Waals surface area (Å²) < 4.78 is 5.45. The zero-order valence-electron chi connectivity index (χ0n) is 16.4. The number of amides is 1. The number of carbonyl (C=O) groups is 2. The highest BCUT2D eigenvalue weighted by molar-refractivity contribution is 5.97. The summed E-state index contributed by atoms with van der Waals surface area (Å²) in [5, 5.41) is 13.8. The van der Waals surface area contributed by atoms with Gasteiger partial charge in [0.05, 0.1) is 11.3 Å². The molecule has 0 aliphatic carbocycles. The highest BCUT2D eigenvalue weighted by Crippen LogP contribution is 2.28. The third kappa shape index (κ3) is 5.90. The zero-order chi connectivity index (χ0) is 20.9. The van der Waals surface area contributed by atoms with Gasteiger partial charge in [0.1, 0.15) is 5.69 Å². The Balaban J connectivity index is 2.30. The average Bonchev–Trinajstić information content (AvgIpc) is 2.60. The number of nitro groups is 1. The Bertz CT molecular complexity index is 872. The average molecular weight is 384 g/mol. The van der Waals surface area contributed by atoms with Crippen molar-refractivity contribution in [3.63, 3.8) is 0 Å². The Morgan fingerprint density at radius 3 is 2.36 bits per heavy atom. The molecule has 0 saturated heterocycles. The molecule has 7 nitrogen and oxygen atoms in total. The second-order valence-corrected chi connectivity index (χ2v) is 7.78. The molecule has 0 heterocycles. The van der Waals surface area contributed by atoms with Crippen LogP contribution in [0.4, 0.5) is 11.4 Å². The third-order valence-electron chi connectivity index (χ3n) is 3.87. The van der Waals surface area contributed by atoms with Crippen molar-refractivity contribution in [2.45, 2.75) is 40.2 Å². The molecule has 2 rings (SSSR count). The van der Waals surface area contributed by atoms with Crippen LogP contribution in [0.2, 0.25) is 0 Å². The fourth-order valence-corrected chi connectivity index (χ4v) is 2.60. The van der Waals surface area contributed by atoms with Crippen molar-refractivity contribution in [3.05, 3.63) is 69.8 Å². The summed E-state index contributed by atoms with van der Waals surface area (Å²) in [7, 11) is 0. The first-order chi connectivity index (χ1) is 13.1. The summed E-state index contributed by atoms with van der Waals surface area (Å²) in [5.74, 6) is -1.17. The first kappa shape index (κ1) is 21.1. The molecule has 0 fully saturated rings. The molecule has 2 aromatic carbocycles. The largest absolute Gasteiger partial charge is 0.447 e. The molecule has 2 aromatic rings. The molecule has 0 aliphatic rings. The second-order valence-electron chi connectivity index (χ2n) is 7.78. The molecule has 0 unspecified atom stereocenters. The van der Waals surface area contributed by atoms with E-state index in [4.69, 9.17) is 4.74 Å². The van der Waals surface area contributed by atoms with E-state index in [0.29, 0.717) is 11.1 Å². The SMILES string of the molecule is Cc1ccc(NC(=O)[C@@H](OC(=O)CC(C)(C)C)c2ccccc2)c([N+](=O)[O-])c1. The van der Waals surface area contributed by atoms with E-state index < -0.39 is 22.9 Å². The number of benzene rings is 2. The molecule has 0 aliphatic heterocycles. The van der Waals surface area contributed by atoms with Gasteiger partial charge in [0.15, 0.2) is 0 Å². The third-order valence-corrected chi connectivity index (χ3v) is 3.87. The van der Waals surface area contributed by atoms with Gasteiger partial charge in [-0.3, -0.25) is 19.7 Å². The van der Waals surface area contributed by atoms with Crippen LogP contribution in [0.5, 0.6) is 0 Å². The van der Waals surface area contributed by atoms with E-state index in [1.54, 1.807) is 43.3 Å². The van der Waals surface area contributed by atoms with E-state index in [-0.39, 0.29) is 23.2 Å². The van der Waals surface area contributed by atoms with Crippen LogP contribution < -0.4 is 5.32 Å². The lowest BCUT2D eigenvalue weighted by Gasteiger charge is -2.21. The molecule has 28 heavy (non-hydrogen) atoms. The number of nitro benzene ring substituents is 1. The maximum atomic E-state index is 12.9. The molecule has 7 heteroatoms. The van der Waals surface area contributed by atoms with Gasteiger partial charge < -0.3 is 10.1 Å². The normalized spacial score (nSPS) is 12.1. The maximum Gasteiger partial charge on any atom is 0.307 e. The van der Waals surface area contributed by atoms with Crippen molar-refractivity contribution in [2.75, 3.05) is 5.32 Å². The van der Waals surface area contributed by atoms with Crippen molar-refractivity contribution in [1.82, 2.24) is 0 Å². The number of anilines is 1. The number of ether oxygens (including phenoxy) is 1. The number of nitrogens with one attached hydrogen (secondary N) is 1.